The lowest BCUT2D eigenvalue weighted by Gasteiger charge is -2.24. The molecule has 0 unspecified atom stereocenters. The first-order chi connectivity index (χ1) is 13.9. The Hall–Kier alpha value is -2.19. The molecule has 0 N–H and O–H groups in total. The summed E-state index contributed by atoms with van der Waals surface area (Å²) < 4.78 is 37.4. The minimum atomic E-state index is -3.10. The van der Waals surface area contributed by atoms with Crippen molar-refractivity contribution in [2.24, 2.45) is 4.99 Å². The molecular formula is C21H21FN2O3S2. The predicted molar refractivity (Wildman–Crippen MR) is 113 cm³/mol. The third-order valence-corrected chi connectivity index (χ3v) is 8.38. The largest absolute Gasteiger partial charge is 0.342 e. The summed E-state index contributed by atoms with van der Waals surface area (Å²) in [5.74, 6) is -0.387. The zero-order valence-electron chi connectivity index (χ0n) is 15.7. The summed E-state index contributed by atoms with van der Waals surface area (Å²) in [6.45, 7) is 0.398. The molecule has 5 nitrogen and oxygen atoms in total. The van der Waals surface area contributed by atoms with Crippen LogP contribution in [0, 0.1) is 5.82 Å². The quantitative estimate of drug-likeness (QED) is 0.727. The first kappa shape index (κ1) is 20.1. The second kappa shape index (κ2) is 8.28. The number of aryl methyl sites for hydroxylation is 1. The van der Waals surface area contributed by atoms with E-state index in [1.54, 1.807) is 12.1 Å². The Morgan fingerprint density at radius 3 is 2.52 bits per heavy atom. The van der Waals surface area contributed by atoms with Gasteiger partial charge < -0.3 is 4.90 Å². The number of rotatable bonds is 5. The predicted octanol–water partition coefficient (Wildman–Crippen LogP) is 3.06. The maximum Gasteiger partial charge on any atom is 0.248 e. The van der Waals surface area contributed by atoms with Gasteiger partial charge >= 0.3 is 0 Å². The second-order valence-corrected chi connectivity index (χ2v) is 10.7. The molecule has 2 fully saturated rings. The van der Waals surface area contributed by atoms with Crippen molar-refractivity contribution in [3.05, 3.63) is 71.5 Å². The smallest absolute Gasteiger partial charge is 0.248 e. The molecule has 0 aliphatic carbocycles. The number of aliphatic imine (C=N–C) groups is 1. The molecule has 1 amide bonds. The SMILES string of the molecule is O=C(CCc1ccccc1)N=C1S[C@H]2CS(=O)(=O)C[C@@H]2N1Cc1ccc(F)cc1. The van der Waals surface area contributed by atoms with Crippen LogP contribution in [0.2, 0.25) is 0 Å². The highest BCUT2D eigenvalue weighted by Crippen LogP contribution is 2.39. The fourth-order valence-electron chi connectivity index (χ4n) is 3.67. The minimum absolute atomic E-state index is 0.0586. The van der Waals surface area contributed by atoms with E-state index in [9.17, 15) is 17.6 Å². The lowest BCUT2D eigenvalue weighted by atomic mass is 10.1. The molecule has 2 heterocycles. The number of thioether (sulfide) groups is 1. The summed E-state index contributed by atoms with van der Waals surface area (Å²) in [5, 5.41) is 0.443. The normalized spacial score (nSPS) is 24.0. The summed E-state index contributed by atoms with van der Waals surface area (Å²) in [5.41, 5.74) is 1.92. The molecule has 0 aromatic heterocycles. The van der Waals surface area contributed by atoms with Gasteiger partial charge in [-0.05, 0) is 29.7 Å². The highest BCUT2D eigenvalue weighted by Gasteiger charge is 2.48. The van der Waals surface area contributed by atoms with Gasteiger partial charge in [0.25, 0.3) is 0 Å². The number of carbonyl (C=O) groups is 1. The molecule has 2 saturated heterocycles. The van der Waals surface area contributed by atoms with E-state index < -0.39 is 9.84 Å². The van der Waals surface area contributed by atoms with Crippen molar-refractivity contribution in [2.45, 2.75) is 30.7 Å². The van der Waals surface area contributed by atoms with E-state index in [1.807, 2.05) is 35.2 Å². The number of halogens is 1. The van der Waals surface area contributed by atoms with Gasteiger partial charge in [-0.2, -0.15) is 4.99 Å². The van der Waals surface area contributed by atoms with Gasteiger partial charge in [0.15, 0.2) is 15.0 Å². The third kappa shape index (κ3) is 4.87. The zero-order chi connectivity index (χ0) is 20.4. The Bertz CT molecular complexity index is 1020. The zero-order valence-corrected chi connectivity index (χ0v) is 17.3. The van der Waals surface area contributed by atoms with Crippen molar-refractivity contribution >= 4 is 32.7 Å². The van der Waals surface area contributed by atoms with Gasteiger partial charge in [-0.1, -0.05) is 54.2 Å². The molecule has 0 bridgehead atoms. The number of hydrogen-bond acceptors (Lipinski definition) is 4. The van der Waals surface area contributed by atoms with Gasteiger partial charge in [-0.15, -0.1) is 0 Å². The molecule has 2 aliphatic heterocycles. The Labute approximate surface area is 173 Å². The maximum atomic E-state index is 13.2. The fourth-order valence-corrected chi connectivity index (χ4v) is 7.63. The van der Waals surface area contributed by atoms with Crippen molar-refractivity contribution in [3.63, 3.8) is 0 Å². The maximum absolute atomic E-state index is 13.2. The van der Waals surface area contributed by atoms with Gasteiger partial charge in [0, 0.05) is 18.2 Å². The number of amides is 1. The van der Waals surface area contributed by atoms with Crippen LogP contribution in [0.4, 0.5) is 4.39 Å². The number of amidine groups is 1. The van der Waals surface area contributed by atoms with E-state index in [2.05, 4.69) is 4.99 Å². The van der Waals surface area contributed by atoms with Gasteiger partial charge in [-0.3, -0.25) is 4.79 Å². The molecular weight excluding hydrogens is 411 g/mol. The number of fused-ring (bicyclic) bond motifs is 1. The lowest BCUT2D eigenvalue weighted by molar-refractivity contribution is -0.117. The second-order valence-electron chi connectivity index (χ2n) is 7.33. The lowest BCUT2D eigenvalue weighted by Crippen LogP contribution is -2.37. The molecule has 2 aromatic rings. The summed E-state index contributed by atoms with van der Waals surface area (Å²) in [6, 6.07) is 15.6. The number of carbonyl (C=O) groups excluding carboxylic acids is 1. The highest BCUT2D eigenvalue weighted by atomic mass is 32.2. The summed E-state index contributed by atoms with van der Waals surface area (Å²) in [4.78, 5) is 18.7. The van der Waals surface area contributed by atoms with Crippen LogP contribution in [0.3, 0.4) is 0 Å². The van der Waals surface area contributed by atoms with E-state index in [0.29, 0.717) is 24.6 Å². The molecule has 8 heteroatoms. The summed E-state index contributed by atoms with van der Waals surface area (Å²) in [7, 11) is -3.10. The van der Waals surface area contributed by atoms with Gasteiger partial charge in [-0.25, -0.2) is 12.8 Å². The number of benzene rings is 2. The van der Waals surface area contributed by atoms with E-state index in [4.69, 9.17) is 0 Å². The number of hydrogen-bond donors (Lipinski definition) is 0. The first-order valence-electron chi connectivity index (χ1n) is 9.43. The molecule has 0 radical (unpaired) electrons. The van der Waals surface area contributed by atoms with Gasteiger partial charge in [0.2, 0.25) is 5.91 Å². The van der Waals surface area contributed by atoms with Crippen LogP contribution in [0.1, 0.15) is 17.5 Å². The molecule has 2 aromatic carbocycles. The van der Waals surface area contributed by atoms with Crippen LogP contribution in [-0.2, 0) is 27.6 Å². The fraction of sp³-hybridized carbons (Fsp3) is 0.333. The minimum Gasteiger partial charge on any atom is -0.342 e. The van der Waals surface area contributed by atoms with Crippen LogP contribution in [-0.4, -0.2) is 47.2 Å². The van der Waals surface area contributed by atoms with Crippen LogP contribution in [0.25, 0.3) is 0 Å². The summed E-state index contributed by atoms with van der Waals surface area (Å²) >= 11 is 1.37. The number of sulfone groups is 1. The topological polar surface area (TPSA) is 66.8 Å². The van der Waals surface area contributed by atoms with E-state index >= 15 is 0 Å². The molecule has 2 aliphatic rings. The van der Waals surface area contributed by atoms with E-state index in [1.165, 1.54) is 23.9 Å². The Morgan fingerprint density at radius 2 is 1.79 bits per heavy atom. The van der Waals surface area contributed by atoms with Crippen LogP contribution >= 0.6 is 11.8 Å². The van der Waals surface area contributed by atoms with Crippen LogP contribution < -0.4 is 0 Å². The van der Waals surface area contributed by atoms with Crippen molar-refractivity contribution in [3.8, 4) is 0 Å². The monoisotopic (exact) mass is 432 g/mol. The van der Waals surface area contributed by atoms with Crippen LogP contribution in [0.5, 0.6) is 0 Å². The molecule has 2 atom stereocenters. The average Bonchev–Trinajstić information content (AvgIpc) is 3.15. The molecule has 0 spiro atoms. The molecule has 152 valence electrons. The van der Waals surface area contributed by atoms with Crippen LogP contribution in [0.15, 0.2) is 59.6 Å². The van der Waals surface area contributed by atoms with E-state index in [-0.39, 0.29) is 34.5 Å². The molecule has 4 rings (SSSR count). The Kier molecular flexibility index (Phi) is 5.74. The van der Waals surface area contributed by atoms with Crippen molar-refractivity contribution in [1.29, 1.82) is 0 Å². The number of nitrogens with zero attached hydrogens (tertiary/aromatic N) is 2. The standard InChI is InChI=1S/C21H21FN2O3S2/c22-17-9-6-16(7-10-17)12-24-18-13-29(26,27)14-19(18)28-21(24)23-20(25)11-8-15-4-2-1-3-5-15/h1-7,9-10,18-19H,8,11-14H2/t18-,19-/m0/s1. The first-order valence-corrected chi connectivity index (χ1v) is 12.1. The van der Waals surface area contributed by atoms with E-state index in [0.717, 1.165) is 11.1 Å². The Morgan fingerprint density at radius 1 is 1.07 bits per heavy atom. The van der Waals surface area contributed by atoms with Gasteiger partial charge in [0.1, 0.15) is 5.82 Å². The van der Waals surface area contributed by atoms with Gasteiger partial charge in [0.05, 0.1) is 17.5 Å². The molecule has 29 heavy (non-hydrogen) atoms. The average molecular weight is 433 g/mol. The van der Waals surface area contributed by atoms with Crippen molar-refractivity contribution < 1.29 is 17.6 Å². The highest BCUT2D eigenvalue weighted by molar-refractivity contribution is 8.15. The Balaban J connectivity index is 1.51. The third-order valence-electron chi connectivity index (χ3n) is 5.13. The van der Waals surface area contributed by atoms with Crippen molar-refractivity contribution in [2.75, 3.05) is 11.5 Å². The van der Waals surface area contributed by atoms with Crippen molar-refractivity contribution in [1.82, 2.24) is 4.90 Å². The summed E-state index contributed by atoms with van der Waals surface area (Å²) in [6.07, 6.45) is 0.909. The molecule has 0 saturated carbocycles.